The second-order valence-corrected chi connectivity index (χ2v) is 9.35. The smallest absolute Gasteiger partial charge is 0.341 e. The number of piperazine rings is 1. The second kappa shape index (κ2) is 11.8. The SMILES string of the molecule is C=C(/C=C(F)\C=C(/C)F)[C@@H]1CC=NN1C(=O)N1CCN(c2ncc(F)c(-c3c(C)nn(CCO)c3C)n2)CC1. The largest absolute Gasteiger partial charge is 0.394 e. The predicted octanol–water partition coefficient (Wildman–Crippen LogP) is 3.67. The molecule has 0 bridgehead atoms. The monoisotopic (exact) mass is 544 g/mol. The highest BCUT2D eigenvalue weighted by atomic mass is 19.1. The molecule has 1 saturated heterocycles. The normalized spacial score (nSPS) is 18.3. The number of anilines is 1. The molecule has 0 radical (unpaired) electrons. The number of nitrogens with zero attached hydrogens (tertiary/aromatic N) is 8. The van der Waals surface area contributed by atoms with Gasteiger partial charge in [0, 0.05) is 56.1 Å². The maximum Gasteiger partial charge on any atom is 0.341 e. The van der Waals surface area contributed by atoms with Crippen molar-refractivity contribution in [2.45, 2.75) is 39.8 Å². The van der Waals surface area contributed by atoms with Crippen molar-refractivity contribution >= 4 is 18.2 Å². The van der Waals surface area contributed by atoms with Crippen LogP contribution in [0.2, 0.25) is 0 Å². The summed E-state index contributed by atoms with van der Waals surface area (Å²) in [6.45, 7) is 10.2. The number of hydrogen-bond acceptors (Lipinski definition) is 7. The van der Waals surface area contributed by atoms with E-state index in [2.05, 4.69) is 26.7 Å². The summed E-state index contributed by atoms with van der Waals surface area (Å²) in [5.41, 5.74) is 2.26. The predicted molar refractivity (Wildman–Crippen MR) is 141 cm³/mol. The molecule has 0 unspecified atom stereocenters. The molecule has 0 aliphatic carbocycles. The van der Waals surface area contributed by atoms with E-state index in [0.29, 0.717) is 61.1 Å². The minimum Gasteiger partial charge on any atom is -0.394 e. The molecular formula is C26H31F3N8O2. The maximum atomic E-state index is 14.8. The van der Waals surface area contributed by atoms with Crippen molar-refractivity contribution in [3.05, 3.63) is 59.4 Å². The van der Waals surface area contributed by atoms with Crippen molar-refractivity contribution in [1.82, 2.24) is 29.7 Å². The molecule has 13 heteroatoms. The third kappa shape index (κ3) is 6.03. The van der Waals surface area contributed by atoms with E-state index in [0.717, 1.165) is 25.3 Å². The fourth-order valence-electron chi connectivity index (χ4n) is 4.69. The molecule has 4 heterocycles. The van der Waals surface area contributed by atoms with Crippen molar-refractivity contribution in [2.75, 3.05) is 37.7 Å². The van der Waals surface area contributed by atoms with Crippen LogP contribution in [0, 0.1) is 19.7 Å². The number of halogens is 3. The van der Waals surface area contributed by atoms with E-state index in [1.54, 1.807) is 29.6 Å². The molecule has 2 amide bonds. The first kappa shape index (κ1) is 28.0. The highest BCUT2D eigenvalue weighted by Gasteiger charge is 2.34. The van der Waals surface area contributed by atoms with Crippen molar-refractivity contribution in [1.29, 1.82) is 0 Å². The fraction of sp³-hybridized carbons (Fsp3) is 0.423. The summed E-state index contributed by atoms with van der Waals surface area (Å²) in [5, 5.41) is 19.1. The van der Waals surface area contributed by atoms with E-state index < -0.39 is 23.5 Å². The number of carbonyl (C=O) groups is 1. The van der Waals surface area contributed by atoms with Crippen molar-refractivity contribution in [3.8, 4) is 11.3 Å². The molecule has 1 N–H and O–H groups in total. The zero-order valence-corrected chi connectivity index (χ0v) is 22.1. The van der Waals surface area contributed by atoms with E-state index in [-0.39, 0.29) is 24.9 Å². The summed E-state index contributed by atoms with van der Waals surface area (Å²) in [6, 6.07) is -0.931. The van der Waals surface area contributed by atoms with Crippen LogP contribution in [0.4, 0.5) is 23.9 Å². The van der Waals surface area contributed by atoms with Gasteiger partial charge < -0.3 is 14.9 Å². The summed E-state index contributed by atoms with van der Waals surface area (Å²) in [7, 11) is 0. The molecule has 39 heavy (non-hydrogen) atoms. The van der Waals surface area contributed by atoms with Crippen LogP contribution in [0.1, 0.15) is 24.7 Å². The number of aryl methyl sites for hydroxylation is 1. The molecule has 1 fully saturated rings. The zero-order valence-electron chi connectivity index (χ0n) is 22.1. The van der Waals surface area contributed by atoms with Gasteiger partial charge in [-0.2, -0.15) is 10.2 Å². The van der Waals surface area contributed by atoms with Crippen LogP contribution in [-0.4, -0.2) is 85.8 Å². The lowest BCUT2D eigenvalue weighted by Crippen LogP contribution is -2.53. The molecule has 2 aliphatic rings. The molecule has 0 aromatic carbocycles. The lowest BCUT2D eigenvalue weighted by atomic mass is 10.1. The van der Waals surface area contributed by atoms with E-state index in [4.69, 9.17) is 0 Å². The Morgan fingerprint density at radius 2 is 1.92 bits per heavy atom. The Morgan fingerprint density at radius 3 is 2.59 bits per heavy atom. The van der Waals surface area contributed by atoms with Gasteiger partial charge in [0.2, 0.25) is 5.95 Å². The number of hydrazone groups is 1. The lowest BCUT2D eigenvalue weighted by molar-refractivity contribution is 0.145. The molecular weight excluding hydrogens is 513 g/mol. The minimum absolute atomic E-state index is 0.0940. The third-order valence-corrected chi connectivity index (χ3v) is 6.61. The van der Waals surface area contributed by atoms with Gasteiger partial charge in [-0.3, -0.25) is 4.68 Å². The minimum atomic E-state index is -0.794. The Bertz CT molecular complexity index is 1340. The average Bonchev–Trinajstić information content (AvgIpc) is 3.49. The summed E-state index contributed by atoms with van der Waals surface area (Å²) >= 11 is 0. The summed E-state index contributed by atoms with van der Waals surface area (Å²) in [5.74, 6) is -1.72. The molecule has 208 valence electrons. The quantitative estimate of drug-likeness (QED) is 0.534. The first-order chi connectivity index (χ1) is 18.6. The van der Waals surface area contributed by atoms with Crippen LogP contribution in [-0.2, 0) is 6.54 Å². The fourth-order valence-corrected chi connectivity index (χ4v) is 4.69. The molecule has 4 rings (SSSR count). The number of urea groups is 1. The van der Waals surface area contributed by atoms with Crippen LogP contribution >= 0.6 is 0 Å². The van der Waals surface area contributed by atoms with Crippen molar-refractivity contribution < 1.29 is 23.1 Å². The summed E-state index contributed by atoms with van der Waals surface area (Å²) in [4.78, 5) is 25.4. The maximum absolute atomic E-state index is 14.8. The van der Waals surface area contributed by atoms with Gasteiger partial charge in [0.15, 0.2) is 5.82 Å². The van der Waals surface area contributed by atoms with Gasteiger partial charge in [-0.1, -0.05) is 6.58 Å². The van der Waals surface area contributed by atoms with Crippen LogP contribution in [0.25, 0.3) is 11.3 Å². The first-order valence-electron chi connectivity index (χ1n) is 12.5. The highest BCUT2D eigenvalue weighted by Crippen LogP contribution is 2.29. The average molecular weight is 545 g/mol. The zero-order chi connectivity index (χ0) is 28.3. The number of aliphatic hydroxyl groups is 1. The van der Waals surface area contributed by atoms with E-state index in [1.807, 2.05) is 4.90 Å². The number of allylic oxidation sites excluding steroid dienone is 3. The number of aliphatic hydroxyl groups excluding tert-OH is 1. The number of hydrogen-bond donors (Lipinski definition) is 1. The summed E-state index contributed by atoms with van der Waals surface area (Å²) < 4.78 is 43.4. The Labute approximate surface area is 224 Å². The first-order valence-corrected chi connectivity index (χ1v) is 12.5. The van der Waals surface area contributed by atoms with Gasteiger partial charge in [-0.15, -0.1) is 0 Å². The van der Waals surface area contributed by atoms with E-state index >= 15 is 0 Å². The molecule has 0 spiro atoms. The van der Waals surface area contributed by atoms with Crippen LogP contribution < -0.4 is 4.90 Å². The van der Waals surface area contributed by atoms with Gasteiger partial charge in [0.05, 0.1) is 36.9 Å². The van der Waals surface area contributed by atoms with Crippen LogP contribution in [0.15, 0.2) is 47.3 Å². The van der Waals surface area contributed by atoms with Gasteiger partial charge in [0.1, 0.15) is 11.5 Å². The number of amides is 2. The Kier molecular flexibility index (Phi) is 8.48. The number of aromatic nitrogens is 4. The van der Waals surface area contributed by atoms with Gasteiger partial charge in [0.25, 0.3) is 0 Å². The van der Waals surface area contributed by atoms with Crippen LogP contribution in [0.3, 0.4) is 0 Å². The molecule has 2 aromatic rings. The Morgan fingerprint density at radius 1 is 1.21 bits per heavy atom. The van der Waals surface area contributed by atoms with E-state index in [1.165, 1.54) is 5.01 Å². The van der Waals surface area contributed by atoms with Gasteiger partial charge >= 0.3 is 6.03 Å². The molecule has 2 aliphatic heterocycles. The lowest BCUT2D eigenvalue weighted by Gasteiger charge is -2.37. The molecule has 2 aromatic heterocycles. The molecule has 10 nitrogen and oxygen atoms in total. The third-order valence-electron chi connectivity index (χ3n) is 6.61. The number of rotatable bonds is 7. The Balaban J connectivity index is 1.45. The topological polar surface area (TPSA) is 103 Å². The second-order valence-electron chi connectivity index (χ2n) is 9.35. The van der Waals surface area contributed by atoms with Crippen molar-refractivity contribution in [2.24, 2.45) is 5.10 Å². The summed E-state index contributed by atoms with van der Waals surface area (Å²) in [6.07, 6.45) is 4.90. The van der Waals surface area contributed by atoms with Crippen molar-refractivity contribution in [3.63, 3.8) is 0 Å². The highest BCUT2D eigenvalue weighted by molar-refractivity contribution is 5.79. The molecule has 0 saturated carbocycles. The van der Waals surface area contributed by atoms with Gasteiger partial charge in [-0.05, 0) is 32.4 Å². The van der Waals surface area contributed by atoms with E-state index in [9.17, 15) is 23.1 Å². The van der Waals surface area contributed by atoms with Crippen LogP contribution in [0.5, 0.6) is 0 Å². The number of carbonyl (C=O) groups excluding carboxylic acids is 1. The standard InChI is InChI=1S/C26H31F3N8O2/c1-16(13-20(28)14-17(2)27)22-5-6-31-37(22)26(39)35-9-7-34(8-10-35)25-30-15-21(29)24(32-25)23-18(3)33-36(11-12-38)19(23)4/h6,13-15,22,38H,1,5,7-12H2,2-4H3/b17-14+,20-13+/t22-/m0/s1. The Hall–Kier alpha value is -4.00. The molecule has 1 atom stereocenters. The van der Waals surface area contributed by atoms with Gasteiger partial charge in [-0.25, -0.2) is 32.9 Å².